The molecule has 1 rings (SSSR count). The Hall–Kier alpha value is -0.670. The van der Waals surface area contributed by atoms with Crippen molar-refractivity contribution in [3.8, 4) is 0 Å². The molecule has 0 amide bonds. The Morgan fingerprint density at radius 2 is 2.36 bits per heavy atom. The predicted molar refractivity (Wildman–Crippen MR) is 60.9 cm³/mol. The number of carbonyl (C=O) groups excluding carboxylic acids is 1. The van der Waals surface area contributed by atoms with Crippen LogP contribution in [0.4, 0.5) is 0 Å². The Balaban J connectivity index is 2.40. The average molecular weight is 211 g/mol. The van der Waals surface area contributed by atoms with E-state index in [1.165, 1.54) is 0 Å². The van der Waals surface area contributed by atoms with Crippen molar-refractivity contribution in [1.29, 1.82) is 0 Å². The third-order valence-electron chi connectivity index (χ3n) is 2.22. The molecule has 2 N–H and O–H groups in total. The molecule has 0 saturated carbocycles. The average Bonchev–Trinajstić information content (AvgIpc) is 2.50. The van der Waals surface area contributed by atoms with Crippen LogP contribution in [0.5, 0.6) is 0 Å². The van der Waals surface area contributed by atoms with Crippen LogP contribution in [-0.4, -0.2) is 11.8 Å². The highest BCUT2D eigenvalue weighted by Crippen LogP contribution is 2.17. The van der Waals surface area contributed by atoms with Crippen molar-refractivity contribution >= 4 is 17.1 Å². The van der Waals surface area contributed by atoms with E-state index >= 15 is 0 Å². The lowest BCUT2D eigenvalue weighted by Gasteiger charge is -2.03. The van der Waals surface area contributed by atoms with Crippen molar-refractivity contribution in [2.24, 2.45) is 5.73 Å². The van der Waals surface area contributed by atoms with E-state index in [1.807, 2.05) is 25.3 Å². The summed E-state index contributed by atoms with van der Waals surface area (Å²) >= 11 is 1.63. The van der Waals surface area contributed by atoms with Crippen LogP contribution in [0.1, 0.15) is 41.4 Å². The van der Waals surface area contributed by atoms with Crippen molar-refractivity contribution in [2.45, 2.75) is 39.2 Å². The quantitative estimate of drug-likeness (QED) is 0.761. The molecule has 0 aromatic carbocycles. The number of thiophene rings is 1. The molecule has 2 nitrogen and oxygen atoms in total. The molecule has 1 aromatic heterocycles. The van der Waals surface area contributed by atoms with Gasteiger partial charge in [0.2, 0.25) is 0 Å². The molecule has 14 heavy (non-hydrogen) atoms. The van der Waals surface area contributed by atoms with Crippen molar-refractivity contribution < 1.29 is 4.79 Å². The predicted octanol–water partition coefficient (Wildman–Crippen LogP) is 2.76. The van der Waals surface area contributed by atoms with Gasteiger partial charge in [0, 0.05) is 22.9 Å². The number of aryl methyl sites for hydroxylation is 1. The second-order valence-corrected chi connectivity index (χ2v) is 4.80. The van der Waals surface area contributed by atoms with Crippen LogP contribution in [0.3, 0.4) is 0 Å². The standard InChI is InChI=1S/C11H17NOS/c1-8(12)4-3-5-11(13)10-6-7-14-9(10)2/h6-8H,3-5,12H2,1-2H3. The first-order valence-electron chi connectivity index (χ1n) is 4.94. The second-order valence-electron chi connectivity index (χ2n) is 3.68. The zero-order valence-electron chi connectivity index (χ0n) is 8.75. The van der Waals surface area contributed by atoms with Gasteiger partial charge in [-0.15, -0.1) is 11.3 Å². The molecule has 0 radical (unpaired) electrons. The van der Waals surface area contributed by atoms with Crippen LogP contribution < -0.4 is 5.73 Å². The molecule has 1 heterocycles. The molecule has 0 fully saturated rings. The molecule has 1 unspecified atom stereocenters. The number of carbonyl (C=O) groups is 1. The lowest BCUT2D eigenvalue weighted by atomic mass is 10.0. The van der Waals surface area contributed by atoms with Crippen LogP contribution in [0, 0.1) is 6.92 Å². The maximum Gasteiger partial charge on any atom is 0.163 e. The Bertz CT molecular complexity index is 304. The molecule has 0 aliphatic carbocycles. The fraction of sp³-hybridized carbons (Fsp3) is 0.545. The second kappa shape index (κ2) is 5.27. The van der Waals surface area contributed by atoms with Crippen molar-refractivity contribution in [1.82, 2.24) is 0 Å². The minimum absolute atomic E-state index is 0.200. The van der Waals surface area contributed by atoms with Crippen LogP contribution in [0.2, 0.25) is 0 Å². The van der Waals surface area contributed by atoms with Gasteiger partial charge in [-0.2, -0.15) is 0 Å². The zero-order chi connectivity index (χ0) is 10.6. The van der Waals surface area contributed by atoms with Gasteiger partial charge < -0.3 is 5.73 Å². The Kier molecular flexibility index (Phi) is 4.29. The first-order chi connectivity index (χ1) is 6.61. The van der Waals surface area contributed by atoms with Crippen LogP contribution >= 0.6 is 11.3 Å². The van der Waals surface area contributed by atoms with Gasteiger partial charge in [0.1, 0.15) is 0 Å². The minimum atomic E-state index is 0.200. The Labute approximate surface area is 89.1 Å². The fourth-order valence-electron chi connectivity index (χ4n) is 1.39. The van der Waals surface area contributed by atoms with E-state index < -0.39 is 0 Å². The minimum Gasteiger partial charge on any atom is -0.328 e. The smallest absolute Gasteiger partial charge is 0.163 e. The molecule has 0 aliphatic heterocycles. The van der Waals surface area contributed by atoms with Crippen LogP contribution in [0.15, 0.2) is 11.4 Å². The summed E-state index contributed by atoms with van der Waals surface area (Å²) in [6.07, 6.45) is 2.44. The topological polar surface area (TPSA) is 43.1 Å². The maximum absolute atomic E-state index is 11.7. The summed E-state index contributed by atoms with van der Waals surface area (Å²) in [4.78, 5) is 12.8. The maximum atomic E-state index is 11.7. The van der Waals surface area contributed by atoms with Gasteiger partial charge in [0.15, 0.2) is 5.78 Å². The SMILES string of the molecule is Cc1sccc1C(=O)CCCC(C)N. The van der Waals surface area contributed by atoms with Gasteiger partial charge >= 0.3 is 0 Å². The highest BCUT2D eigenvalue weighted by Gasteiger charge is 2.09. The molecule has 0 saturated heterocycles. The van der Waals surface area contributed by atoms with Crippen LogP contribution in [-0.2, 0) is 0 Å². The van der Waals surface area contributed by atoms with E-state index in [4.69, 9.17) is 5.73 Å². The first kappa shape index (κ1) is 11.4. The van der Waals surface area contributed by atoms with Gasteiger partial charge in [-0.3, -0.25) is 4.79 Å². The fourth-order valence-corrected chi connectivity index (χ4v) is 2.11. The highest BCUT2D eigenvalue weighted by atomic mass is 32.1. The molecule has 78 valence electrons. The number of ketones is 1. The van der Waals surface area contributed by atoms with E-state index in [1.54, 1.807) is 11.3 Å². The van der Waals surface area contributed by atoms with Crippen LogP contribution in [0.25, 0.3) is 0 Å². The number of hydrogen-bond acceptors (Lipinski definition) is 3. The van der Waals surface area contributed by atoms with Gasteiger partial charge in [-0.05, 0) is 38.1 Å². The summed E-state index contributed by atoms with van der Waals surface area (Å²) in [5, 5.41) is 1.97. The van der Waals surface area contributed by atoms with E-state index in [9.17, 15) is 4.79 Å². The molecular weight excluding hydrogens is 194 g/mol. The Morgan fingerprint density at radius 3 is 2.86 bits per heavy atom. The monoisotopic (exact) mass is 211 g/mol. The molecular formula is C11H17NOS. The van der Waals surface area contributed by atoms with Crippen molar-refractivity contribution in [3.63, 3.8) is 0 Å². The number of hydrogen-bond donors (Lipinski definition) is 1. The third kappa shape index (κ3) is 3.24. The number of nitrogens with two attached hydrogens (primary N) is 1. The van der Waals surface area contributed by atoms with E-state index in [2.05, 4.69) is 0 Å². The molecule has 3 heteroatoms. The van der Waals surface area contributed by atoms with Crippen molar-refractivity contribution in [2.75, 3.05) is 0 Å². The molecule has 0 bridgehead atoms. The summed E-state index contributed by atoms with van der Waals surface area (Å²) in [6.45, 7) is 3.96. The summed E-state index contributed by atoms with van der Waals surface area (Å²) < 4.78 is 0. The summed E-state index contributed by atoms with van der Waals surface area (Å²) in [7, 11) is 0. The Morgan fingerprint density at radius 1 is 1.64 bits per heavy atom. The molecule has 0 aliphatic rings. The first-order valence-corrected chi connectivity index (χ1v) is 5.82. The zero-order valence-corrected chi connectivity index (χ0v) is 9.56. The molecule has 1 aromatic rings. The van der Waals surface area contributed by atoms with E-state index in [0.29, 0.717) is 6.42 Å². The van der Waals surface area contributed by atoms with Crippen molar-refractivity contribution in [3.05, 3.63) is 21.9 Å². The highest BCUT2D eigenvalue weighted by molar-refractivity contribution is 7.10. The largest absolute Gasteiger partial charge is 0.328 e. The summed E-state index contributed by atoms with van der Waals surface area (Å²) in [5.74, 6) is 0.254. The summed E-state index contributed by atoms with van der Waals surface area (Å²) in [5.41, 5.74) is 6.51. The lowest BCUT2D eigenvalue weighted by Crippen LogP contribution is -2.14. The van der Waals surface area contributed by atoms with Gasteiger partial charge in [-0.25, -0.2) is 0 Å². The normalized spacial score (nSPS) is 12.8. The van der Waals surface area contributed by atoms with Gasteiger partial charge in [0.05, 0.1) is 0 Å². The van der Waals surface area contributed by atoms with E-state index in [-0.39, 0.29) is 11.8 Å². The number of rotatable bonds is 5. The van der Waals surface area contributed by atoms with Gasteiger partial charge in [-0.1, -0.05) is 0 Å². The van der Waals surface area contributed by atoms with Gasteiger partial charge in [0.25, 0.3) is 0 Å². The molecule has 0 spiro atoms. The van der Waals surface area contributed by atoms with E-state index in [0.717, 1.165) is 23.3 Å². The summed E-state index contributed by atoms with van der Waals surface area (Å²) in [6, 6.07) is 2.11. The lowest BCUT2D eigenvalue weighted by molar-refractivity contribution is 0.0979. The molecule has 1 atom stereocenters. The number of Topliss-reactive ketones (excluding diaryl/α,β-unsaturated/α-hetero) is 1. The third-order valence-corrected chi connectivity index (χ3v) is 3.07.